The number of anilines is 1. The van der Waals surface area contributed by atoms with Crippen molar-refractivity contribution in [3.63, 3.8) is 0 Å². The van der Waals surface area contributed by atoms with Gasteiger partial charge in [-0.15, -0.1) is 10.2 Å². The van der Waals surface area contributed by atoms with Crippen LogP contribution in [0, 0.1) is 0 Å². The van der Waals surface area contributed by atoms with E-state index >= 15 is 0 Å². The summed E-state index contributed by atoms with van der Waals surface area (Å²) in [5, 5.41) is 25.1. The van der Waals surface area contributed by atoms with Gasteiger partial charge in [-0.1, -0.05) is 43.4 Å². The molecular weight excluding hydrogens is 672 g/mol. The molecule has 2 heterocycles. The summed E-state index contributed by atoms with van der Waals surface area (Å²) in [5.41, 5.74) is 0.914. The molecule has 0 aliphatic heterocycles. The van der Waals surface area contributed by atoms with Crippen LogP contribution in [0.15, 0.2) is 47.4 Å². The van der Waals surface area contributed by atoms with Gasteiger partial charge in [-0.2, -0.15) is 5.10 Å². The Morgan fingerprint density at radius 2 is 1.65 bits per heavy atom. The van der Waals surface area contributed by atoms with E-state index in [-0.39, 0.29) is 50.9 Å². The van der Waals surface area contributed by atoms with Crippen LogP contribution < -0.4 is 13.8 Å². The highest BCUT2D eigenvalue weighted by atomic mass is 35.5. The maximum atomic E-state index is 13.6. The minimum absolute atomic E-state index is 0.0164. The summed E-state index contributed by atoms with van der Waals surface area (Å²) in [5.74, 6) is 0.693. The van der Waals surface area contributed by atoms with E-state index in [9.17, 15) is 21.9 Å². The van der Waals surface area contributed by atoms with Gasteiger partial charge in [-0.3, -0.25) is 9.25 Å². The highest BCUT2D eigenvalue weighted by Gasteiger charge is 2.33. The molecule has 0 radical (unpaired) electrons. The van der Waals surface area contributed by atoms with E-state index in [2.05, 4.69) is 34.9 Å². The lowest BCUT2D eigenvalue weighted by Crippen LogP contribution is -2.38. The van der Waals surface area contributed by atoms with Crippen LogP contribution in [-0.2, 0) is 26.9 Å². The Bertz CT molecular complexity index is 1930. The van der Waals surface area contributed by atoms with Crippen LogP contribution in [0.3, 0.4) is 0 Å². The molecule has 13 nitrogen and oxygen atoms in total. The monoisotopic (exact) mass is 710 g/mol. The largest absolute Gasteiger partial charge is 0.494 e. The SMILES string of the molecule is CCS(=O)(=O)N(CC[Si](C)(C)C)c1nnc(-c2cc([C@H](O)c3ccc(Cl)cc3S(C)(=O)=O)n(C)n2)n1-c1c(OC)cccc1OC. The van der Waals surface area contributed by atoms with E-state index in [1.54, 1.807) is 32.2 Å². The number of aliphatic hydroxyl groups excluding tert-OH is 1. The fourth-order valence-electron chi connectivity index (χ4n) is 4.88. The van der Waals surface area contributed by atoms with Gasteiger partial charge in [-0.05, 0) is 43.3 Å². The summed E-state index contributed by atoms with van der Waals surface area (Å²) in [4.78, 5) is -0.123. The van der Waals surface area contributed by atoms with Crippen LogP contribution in [0.25, 0.3) is 17.2 Å². The second-order valence-electron chi connectivity index (χ2n) is 11.9. The standard InChI is InChI=1S/C29H39ClN6O7S2Si/c1-9-45(40,41)35(15-16-46(6,7)8)29-32-31-28(36(29)26-23(42-3)11-10-12-24(26)43-4)21-18-22(34(2)33-21)27(37)20-14-13-19(30)17-25(20)44(5,38)39/h10-14,17-18,27,37H,9,15-16H2,1-8H3/t27-/m1/s1. The van der Waals surface area contributed by atoms with Crippen LogP contribution >= 0.6 is 11.6 Å². The van der Waals surface area contributed by atoms with Gasteiger partial charge < -0.3 is 14.6 Å². The Balaban J connectivity index is 2.00. The molecule has 1 atom stereocenters. The normalized spacial score (nSPS) is 13.1. The average Bonchev–Trinajstić information content (AvgIpc) is 3.58. The van der Waals surface area contributed by atoms with E-state index in [0.717, 1.165) is 6.26 Å². The van der Waals surface area contributed by atoms with Crippen LogP contribution in [0.4, 0.5) is 5.95 Å². The molecule has 0 amide bonds. The maximum Gasteiger partial charge on any atom is 0.246 e. The number of aryl methyl sites for hydroxylation is 1. The Hall–Kier alpha value is -3.44. The third kappa shape index (κ3) is 7.25. The number of benzene rings is 2. The Morgan fingerprint density at radius 1 is 1.02 bits per heavy atom. The van der Waals surface area contributed by atoms with Gasteiger partial charge in [0.1, 0.15) is 29.0 Å². The van der Waals surface area contributed by atoms with E-state index in [1.165, 1.54) is 52.0 Å². The van der Waals surface area contributed by atoms with Crippen molar-refractivity contribution in [3.05, 3.63) is 58.7 Å². The van der Waals surface area contributed by atoms with Gasteiger partial charge in [0.05, 0.1) is 30.6 Å². The molecule has 0 unspecified atom stereocenters. The van der Waals surface area contributed by atoms with E-state index in [0.29, 0.717) is 23.2 Å². The summed E-state index contributed by atoms with van der Waals surface area (Å²) in [7, 11) is -4.75. The molecule has 17 heteroatoms. The average molecular weight is 711 g/mol. The summed E-state index contributed by atoms with van der Waals surface area (Å²) in [6.45, 7) is 8.20. The zero-order chi connectivity index (χ0) is 34.2. The molecule has 0 saturated carbocycles. The zero-order valence-corrected chi connectivity index (χ0v) is 30.4. The Kier molecular flexibility index (Phi) is 10.3. The van der Waals surface area contributed by atoms with Gasteiger partial charge in [-0.25, -0.2) is 21.1 Å². The molecule has 0 saturated heterocycles. The first-order valence-corrected chi connectivity index (χ1v) is 21.9. The number of ether oxygens (including phenoxy) is 2. The van der Waals surface area contributed by atoms with Crippen molar-refractivity contribution in [2.75, 3.05) is 37.1 Å². The lowest BCUT2D eigenvalue weighted by Gasteiger charge is -2.27. The van der Waals surface area contributed by atoms with Gasteiger partial charge in [0.2, 0.25) is 16.0 Å². The second-order valence-corrected chi connectivity index (χ2v) is 22.1. The highest BCUT2D eigenvalue weighted by molar-refractivity contribution is 7.92. The van der Waals surface area contributed by atoms with E-state index < -0.39 is 34.0 Å². The molecule has 2 aromatic carbocycles. The fourth-order valence-corrected chi connectivity index (χ4v) is 8.17. The highest BCUT2D eigenvalue weighted by Crippen LogP contribution is 2.40. The number of aromatic nitrogens is 5. The number of rotatable bonds is 13. The smallest absolute Gasteiger partial charge is 0.246 e. The number of para-hydroxylation sites is 1. The summed E-state index contributed by atoms with van der Waals surface area (Å²) in [6.07, 6.45) is -0.384. The minimum atomic E-state index is -3.83. The maximum absolute atomic E-state index is 13.6. The first kappa shape index (κ1) is 35.4. The molecule has 250 valence electrons. The summed E-state index contributed by atoms with van der Waals surface area (Å²) in [6, 6.07) is 11.6. The van der Waals surface area contributed by atoms with Crippen molar-refractivity contribution in [2.24, 2.45) is 7.05 Å². The van der Waals surface area contributed by atoms with Gasteiger partial charge in [0, 0.05) is 38.5 Å². The minimum Gasteiger partial charge on any atom is -0.494 e. The number of aliphatic hydroxyl groups is 1. The van der Waals surface area contributed by atoms with Crippen molar-refractivity contribution in [2.45, 2.75) is 43.6 Å². The zero-order valence-electron chi connectivity index (χ0n) is 27.0. The second kappa shape index (κ2) is 13.3. The molecule has 0 fully saturated rings. The van der Waals surface area contributed by atoms with Crippen LogP contribution in [0.5, 0.6) is 11.5 Å². The molecule has 46 heavy (non-hydrogen) atoms. The van der Waals surface area contributed by atoms with Gasteiger partial charge >= 0.3 is 0 Å². The van der Waals surface area contributed by atoms with E-state index in [1.807, 2.05) is 0 Å². The van der Waals surface area contributed by atoms with Crippen molar-refractivity contribution >= 4 is 45.5 Å². The number of hydrogen-bond acceptors (Lipinski definition) is 10. The number of sulfonamides is 1. The predicted octanol–water partition coefficient (Wildman–Crippen LogP) is 4.32. The lowest BCUT2D eigenvalue weighted by atomic mass is 10.1. The number of hydrogen-bond donors (Lipinski definition) is 1. The van der Waals surface area contributed by atoms with Crippen molar-refractivity contribution in [3.8, 4) is 28.7 Å². The molecule has 1 N–H and O–H groups in total. The quantitative estimate of drug-likeness (QED) is 0.198. The van der Waals surface area contributed by atoms with Crippen molar-refractivity contribution < 1.29 is 31.4 Å². The topological polar surface area (TPSA) is 159 Å². The Morgan fingerprint density at radius 3 is 2.20 bits per heavy atom. The predicted molar refractivity (Wildman–Crippen MR) is 180 cm³/mol. The van der Waals surface area contributed by atoms with Crippen molar-refractivity contribution in [1.29, 1.82) is 0 Å². The molecule has 2 aromatic heterocycles. The van der Waals surface area contributed by atoms with Crippen molar-refractivity contribution in [1.82, 2.24) is 24.5 Å². The third-order valence-corrected chi connectivity index (χ3v) is 12.2. The van der Waals surface area contributed by atoms with Crippen LogP contribution in [0.2, 0.25) is 30.7 Å². The molecule has 0 spiro atoms. The summed E-state index contributed by atoms with van der Waals surface area (Å²) < 4.78 is 67.9. The van der Waals surface area contributed by atoms with Crippen LogP contribution in [-0.4, -0.2) is 87.3 Å². The first-order valence-electron chi connectivity index (χ1n) is 14.3. The lowest BCUT2D eigenvalue weighted by molar-refractivity contribution is 0.206. The van der Waals surface area contributed by atoms with Gasteiger partial charge in [0.25, 0.3) is 0 Å². The number of halogens is 1. The first-order chi connectivity index (χ1) is 21.4. The number of nitrogens with zero attached hydrogens (tertiary/aromatic N) is 6. The third-order valence-electron chi connectivity index (χ3n) is 7.35. The van der Waals surface area contributed by atoms with Gasteiger partial charge in [0.15, 0.2) is 15.7 Å². The molecule has 4 aromatic rings. The molecule has 0 aliphatic carbocycles. The molecule has 4 rings (SSSR count). The molecule has 0 bridgehead atoms. The fraction of sp³-hybridized carbons (Fsp3) is 0.414. The molecular formula is C29H39ClN6O7S2Si. The number of methoxy groups -OCH3 is 2. The summed E-state index contributed by atoms with van der Waals surface area (Å²) >= 11 is 6.08. The number of sulfone groups is 1. The van der Waals surface area contributed by atoms with Crippen LogP contribution in [0.1, 0.15) is 24.3 Å². The van der Waals surface area contributed by atoms with E-state index in [4.69, 9.17) is 21.1 Å². The Labute approximate surface area is 275 Å². The molecule has 0 aliphatic rings.